The molecule has 0 aliphatic rings. The van der Waals surface area contributed by atoms with Crippen LogP contribution in [0.3, 0.4) is 0 Å². The third kappa shape index (κ3) is 3.41. The summed E-state index contributed by atoms with van der Waals surface area (Å²) < 4.78 is 5.49. The van der Waals surface area contributed by atoms with Gasteiger partial charge in [0.25, 0.3) is 0 Å². The smallest absolute Gasteiger partial charge is 0.342 e. The Kier molecular flexibility index (Phi) is 4.14. The summed E-state index contributed by atoms with van der Waals surface area (Å²) in [5.74, 6) is 0.691. The molecule has 0 amide bonds. The molecule has 0 aliphatic carbocycles. The van der Waals surface area contributed by atoms with E-state index in [9.17, 15) is 9.90 Å². The lowest BCUT2D eigenvalue weighted by atomic mass is 10.4. The van der Waals surface area contributed by atoms with Gasteiger partial charge in [-0.25, -0.2) is 9.78 Å². The van der Waals surface area contributed by atoms with Crippen molar-refractivity contribution >= 4 is 29.7 Å². The summed E-state index contributed by atoms with van der Waals surface area (Å²) in [5.41, 5.74) is 0. The van der Waals surface area contributed by atoms with Gasteiger partial charge in [-0.05, 0) is 24.8 Å². The van der Waals surface area contributed by atoms with E-state index in [1.165, 1.54) is 6.08 Å². The Hall–Kier alpha value is -2.22. The Labute approximate surface area is 119 Å². The standard InChI is InChI=1S/C12H14N4O3S/c1-7-13-12(15-14-7)20-9(11(17)18)6-8-4-5-10(19-8)16(2)3/h4-6H,1-3H3,(H,17,18)(H,13,14,15)/b9-6-. The van der Waals surface area contributed by atoms with Crippen molar-refractivity contribution in [2.75, 3.05) is 19.0 Å². The fraction of sp³-hybridized carbons (Fsp3) is 0.250. The molecular formula is C12H14N4O3S. The number of aryl methyl sites for hydroxylation is 1. The summed E-state index contributed by atoms with van der Waals surface area (Å²) in [7, 11) is 3.69. The predicted molar refractivity (Wildman–Crippen MR) is 75.6 cm³/mol. The molecule has 2 aromatic heterocycles. The molecule has 2 rings (SSSR count). The maximum Gasteiger partial charge on any atom is 0.342 e. The average Bonchev–Trinajstić information content (AvgIpc) is 2.98. The lowest BCUT2D eigenvalue weighted by molar-refractivity contribution is -0.131. The van der Waals surface area contributed by atoms with Crippen molar-refractivity contribution < 1.29 is 14.3 Å². The first kappa shape index (κ1) is 14.2. The summed E-state index contributed by atoms with van der Waals surface area (Å²) in [6, 6.07) is 3.48. The Balaban J connectivity index is 2.23. The SMILES string of the molecule is Cc1nc(S/C(=C\c2ccc(N(C)C)o2)C(=O)O)n[nH]1. The van der Waals surface area contributed by atoms with Crippen LogP contribution in [-0.2, 0) is 4.79 Å². The third-order valence-corrected chi connectivity index (χ3v) is 3.19. The second-order valence-electron chi connectivity index (χ2n) is 4.19. The number of aliphatic carboxylic acids is 1. The van der Waals surface area contributed by atoms with E-state index in [0.717, 1.165) is 11.8 Å². The zero-order valence-corrected chi connectivity index (χ0v) is 12.1. The molecule has 2 aromatic rings. The molecule has 0 bridgehead atoms. The molecule has 0 saturated heterocycles. The normalized spacial score (nSPS) is 11.7. The average molecular weight is 294 g/mol. The van der Waals surface area contributed by atoms with Gasteiger partial charge in [0, 0.05) is 26.2 Å². The fourth-order valence-corrected chi connectivity index (χ4v) is 2.12. The van der Waals surface area contributed by atoms with Crippen molar-refractivity contribution in [3.63, 3.8) is 0 Å². The molecule has 106 valence electrons. The van der Waals surface area contributed by atoms with Crippen LogP contribution in [0.15, 0.2) is 26.6 Å². The minimum Gasteiger partial charge on any atom is -0.477 e. The number of rotatable bonds is 5. The molecule has 0 spiro atoms. The van der Waals surface area contributed by atoms with Crippen LogP contribution in [0.2, 0.25) is 0 Å². The molecule has 2 heterocycles. The molecular weight excluding hydrogens is 280 g/mol. The molecule has 0 radical (unpaired) electrons. The van der Waals surface area contributed by atoms with Gasteiger partial charge in [-0.15, -0.1) is 5.10 Å². The maximum absolute atomic E-state index is 11.2. The minimum atomic E-state index is -1.06. The van der Waals surface area contributed by atoms with Gasteiger partial charge in [0.2, 0.25) is 5.16 Å². The molecule has 0 unspecified atom stereocenters. The van der Waals surface area contributed by atoms with E-state index in [1.54, 1.807) is 24.0 Å². The number of furan rings is 1. The van der Waals surface area contributed by atoms with E-state index >= 15 is 0 Å². The predicted octanol–water partition coefficient (Wildman–Crippen LogP) is 1.99. The van der Waals surface area contributed by atoms with E-state index < -0.39 is 5.97 Å². The largest absolute Gasteiger partial charge is 0.477 e. The van der Waals surface area contributed by atoms with E-state index in [-0.39, 0.29) is 4.91 Å². The van der Waals surface area contributed by atoms with Crippen LogP contribution in [0.4, 0.5) is 5.88 Å². The molecule has 0 atom stereocenters. The number of thioether (sulfide) groups is 1. The van der Waals surface area contributed by atoms with Crippen LogP contribution in [0, 0.1) is 6.92 Å². The highest BCUT2D eigenvalue weighted by Gasteiger charge is 2.14. The molecule has 7 nitrogen and oxygen atoms in total. The van der Waals surface area contributed by atoms with Crippen molar-refractivity contribution in [1.82, 2.24) is 15.2 Å². The van der Waals surface area contributed by atoms with Crippen LogP contribution < -0.4 is 4.90 Å². The van der Waals surface area contributed by atoms with Crippen LogP contribution >= 0.6 is 11.8 Å². The Bertz CT molecular complexity index is 645. The molecule has 0 aliphatic heterocycles. The van der Waals surface area contributed by atoms with Crippen LogP contribution in [-0.4, -0.2) is 40.4 Å². The van der Waals surface area contributed by atoms with Gasteiger partial charge in [-0.3, -0.25) is 5.10 Å². The number of aromatic nitrogens is 3. The minimum absolute atomic E-state index is 0.0867. The van der Waals surface area contributed by atoms with Crippen molar-refractivity contribution in [2.45, 2.75) is 12.1 Å². The quantitative estimate of drug-likeness (QED) is 0.643. The van der Waals surface area contributed by atoms with E-state index in [4.69, 9.17) is 4.42 Å². The van der Waals surface area contributed by atoms with Crippen LogP contribution in [0.25, 0.3) is 6.08 Å². The number of hydrogen-bond acceptors (Lipinski definition) is 6. The van der Waals surface area contributed by atoms with Gasteiger partial charge in [-0.1, -0.05) is 0 Å². The fourth-order valence-electron chi connectivity index (χ4n) is 1.39. The number of carboxylic acid groups (broad SMARTS) is 1. The van der Waals surface area contributed by atoms with E-state index in [1.807, 2.05) is 14.1 Å². The molecule has 0 aromatic carbocycles. The topological polar surface area (TPSA) is 95.2 Å². The highest BCUT2D eigenvalue weighted by atomic mass is 32.2. The Morgan fingerprint density at radius 2 is 2.25 bits per heavy atom. The summed E-state index contributed by atoms with van der Waals surface area (Å²) in [6.07, 6.45) is 1.45. The first-order chi connectivity index (χ1) is 9.45. The lowest BCUT2D eigenvalue weighted by Gasteiger charge is -2.06. The van der Waals surface area contributed by atoms with Gasteiger partial charge < -0.3 is 14.4 Å². The summed E-state index contributed by atoms with van der Waals surface area (Å²) in [4.78, 5) is 17.2. The first-order valence-electron chi connectivity index (χ1n) is 5.74. The van der Waals surface area contributed by atoms with Crippen molar-refractivity contribution in [2.24, 2.45) is 0 Å². The van der Waals surface area contributed by atoms with E-state index in [2.05, 4.69) is 15.2 Å². The number of nitrogens with zero attached hydrogens (tertiary/aromatic N) is 3. The van der Waals surface area contributed by atoms with Crippen molar-refractivity contribution in [3.05, 3.63) is 28.6 Å². The van der Waals surface area contributed by atoms with Crippen molar-refractivity contribution in [1.29, 1.82) is 0 Å². The number of H-pyrrole nitrogens is 1. The van der Waals surface area contributed by atoms with Crippen molar-refractivity contribution in [3.8, 4) is 0 Å². The number of carboxylic acids is 1. The highest BCUT2D eigenvalue weighted by molar-refractivity contribution is 8.04. The lowest BCUT2D eigenvalue weighted by Crippen LogP contribution is -2.06. The molecule has 0 fully saturated rings. The van der Waals surface area contributed by atoms with Gasteiger partial charge in [-0.2, -0.15) is 0 Å². The van der Waals surface area contributed by atoms with Crippen LogP contribution in [0.5, 0.6) is 0 Å². The zero-order chi connectivity index (χ0) is 14.7. The monoisotopic (exact) mass is 294 g/mol. The molecule has 20 heavy (non-hydrogen) atoms. The summed E-state index contributed by atoms with van der Waals surface area (Å²) in [6.45, 7) is 1.75. The van der Waals surface area contributed by atoms with Gasteiger partial charge >= 0.3 is 5.97 Å². The molecule has 8 heteroatoms. The second-order valence-corrected chi connectivity index (χ2v) is 5.20. The number of hydrogen-bond donors (Lipinski definition) is 2. The van der Waals surface area contributed by atoms with Gasteiger partial charge in [0.05, 0.1) is 0 Å². The second kappa shape index (κ2) is 5.83. The summed E-state index contributed by atoms with van der Waals surface area (Å²) >= 11 is 0.965. The highest BCUT2D eigenvalue weighted by Crippen LogP contribution is 2.27. The Morgan fingerprint density at radius 3 is 2.75 bits per heavy atom. The number of anilines is 1. The third-order valence-electron chi connectivity index (χ3n) is 2.32. The Morgan fingerprint density at radius 1 is 1.50 bits per heavy atom. The first-order valence-corrected chi connectivity index (χ1v) is 6.56. The zero-order valence-electron chi connectivity index (χ0n) is 11.2. The van der Waals surface area contributed by atoms with E-state index in [0.29, 0.717) is 22.6 Å². The number of nitrogens with one attached hydrogen (secondary N) is 1. The van der Waals surface area contributed by atoms with Gasteiger partial charge in [0.1, 0.15) is 16.5 Å². The van der Waals surface area contributed by atoms with Gasteiger partial charge in [0.15, 0.2) is 5.88 Å². The van der Waals surface area contributed by atoms with Crippen LogP contribution in [0.1, 0.15) is 11.6 Å². The number of carbonyl (C=O) groups is 1. The maximum atomic E-state index is 11.2. The molecule has 2 N–H and O–H groups in total. The number of aromatic amines is 1. The molecule has 0 saturated carbocycles. The summed E-state index contributed by atoms with van der Waals surface area (Å²) in [5, 5.41) is 16.1.